The van der Waals surface area contributed by atoms with Gasteiger partial charge in [0.1, 0.15) is 32.2 Å². The minimum absolute atomic E-state index is 0.00115. The SMILES string of the molecule is CCCCCCC(CCCC)COC(=O)c1ccc(-c2nc3c(-c4cccs4)c(F)c(F)c(-c4cccs4)c3nc2-c2ccc(C(=O)O)s2)s1. The molecule has 6 nitrogen and oxygen atoms in total. The number of benzene rings is 1. The molecular formula is C38H36F2N2O4S4. The number of rotatable bonds is 16. The van der Waals surface area contributed by atoms with Gasteiger partial charge in [0.15, 0.2) is 11.6 Å². The van der Waals surface area contributed by atoms with Crippen LogP contribution in [-0.4, -0.2) is 33.6 Å². The largest absolute Gasteiger partial charge is 0.477 e. The molecule has 5 heterocycles. The van der Waals surface area contributed by atoms with Crippen LogP contribution in [0.3, 0.4) is 0 Å². The lowest BCUT2D eigenvalue weighted by molar-refractivity contribution is 0.0428. The molecule has 1 atom stereocenters. The Hall–Kier alpha value is -3.84. The Kier molecular flexibility index (Phi) is 11.8. The van der Waals surface area contributed by atoms with Gasteiger partial charge < -0.3 is 9.84 Å². The Morgan fingerprint density at radius 1 is 0.720 bits per heavy atom. The number of nitrogens with zero attached hydrogens (tertiary/aromatic N) is 2. The molecule has 6 aromatic rings. The molecule has 5 aromatic heterocycles. The number of carboxylic acids is 1. The molecule has 0 radical (unpaired) electrons. The van der Waals surface area contributed by atoms with Crippen molar-refractivity contribution in [2.75, 3.05) is 6.61 Å². The van der Waals surface area contributed by atoms with Crippen LogP contribution in [0.2, 0.25) is 0 Å². The van der Waals surface area contributed by atoms with Crippen LogP contribution in [0.25, 0.3) is 53.1 Å². The third kappa shape index (κ3) is 7.73. The van der Waals surface area contributed by atoms with Gasteiger partial charge in [-0.15, -0.1) is 45.3 Å². The van der Waals surface area contributed by atoms with Gasteiger partial charge in [-0.1, -0.05) is 64.5 Å². The topological polar surface area (TPSA) is 89.4 Å². The number of halogens is 2. The highest BCUT2D eigenvalue weighted by atomic mass is 32.1. The van der Waals surface area contributed by atoms with Crippen LogP contribution < -0.4 is 0 Å². The standard InChI is InChI=1S/C38H36F2N2O4S4/c1-3-5-7-8-12-22(11-6-4-2)21-46-38(45)28-18-16-26(50-28)34-33(25-15-17-27(49-25)37(43)44)41-35-29(23-13-9-19-47-23)31(39)32(40)30(36(35)42-34)24-14-10-20-48-24/h9-10,13-20,22H,3-8,11-12,21H2,1-2H3,(H,43,44). The van der Waals surface area contributed by atoms with Crippen molar-refractivity contribution in [2.24, 2.45) is 5.92 Å². The predicted molar refractivity (Wildman–Crippen MR) is 202 cm³/mol. The maximum Gasteiger partial charge on any atom is 0.348 e. The molecule has 0 aliphatic carbocycles. The number of aromatic carboxylic acids is 1. The van der Waals surface area contributed by atoms with Gasteiger partial charge in [-0.3, -0.25) is 0 Å². The van der Waals surface area contributed by atoms with Gasteiger partial charge in [0, 0.05) is 9.75 Å². The number of carbonyl (C=O) groups excluding carboxylic acids is 1. The average molecular weight is 751 g/mol. The highest BCUT2D eigenvalue weighted by Crippen LogP contribution is 2.45. The summed E-state index contributed by atoms with van der Waals surface area (Å²) in [5.41, 5.74) is 0.960. The minimum atomic E-state index is -1.09. The summed E-state index contributed by atoms with van der Waals surface area (Å²) in [6.07, 6.45) is 8.86. The molecule has 0 saturated heterocycles. The van der Waals surface area contributed by atoms with Crippen LogP contribution in [-0.2, 0) is 4.74 Å². The summed E-state index contributed by atoms with van der Waals surface area (Å²) in [7, 11) is 0. The summed E-state index contributed by atoms with van der Waals surface area (Å²) in [5.74, 6) is -3.27. The van der Waals surface area contributed by atoms with Gasteiger partial charge in [-0.2, -0.15) is 0 Å². The van der Waals surface area contributed by atoms with E-state index in [9.17, 15) is 14.7 Å². The molecule has 0 aliphatic heterocycles. The van der Waals surface area contributed by atoms with E-state index in [1.54, 1.807) is 53.2 Å². The molecule has 1 N–H and O–H groups in total. The molecule has 0 amide bonds. The highest BCUT2D eigenvalue weighted by Gasteiger charge is 2.28. The second kappa shape index (κ2) is 16.5. The molecule has 0 spiro atoms. The van der Waals surface area contributed by atoms with Crippen molar-refractivity contribution in [1.82, 2.24) is 9.97 Å². The summed E-state index contributed by atoms with van der Waals surface area (Å²) >= 11 is 4.71. The van der Waals surface area contributed by atoms with Gasteiger partial charge in [-0.25, -0.2) is 28.3 Å². The summed E-state index contributed by atoms with van der Waals surface area (Å²) in [6, 6.07) is 13.5. The minimum Gasteiger partial charge on any atom is -0.477 e. The number of carboxylic acid groups (broad SMARTS) is 1. The molecule has 1 aromatic carbocycles. The lowest BCUT2D eigenvalue weighted by Crippen LogP contribution is -2.14. The van der Waals surface area contributed by atoms with E-state index >= 15 is 8.78 Å². The van der Waals surface area contributed by atoms with Crippen LogP contribution in [0.4, 0.5) is 8.78 Å². The number of fused-ring (bicyclic) bond motifs is 1. The van der Waals surface area contributed by atoms with Crippen LogP contribution in [0.1, 0.15) is 84.6 Å². The molecule has 6 rings (SSSR count). The Balaban J connectivity index is 1.44. The zero-order valence-corrected chi connectivity index (χ0v) is 30.9. The summed E-state index contributed by atoms with van der Waals surface area (Å²) < 4.78 is 38.0. The molecule has 0 saturated carbocycles. The number of carbonyl (C=O) groups is 2. The van der Waals surface area contributed by atoms with Crippen molar-refractivity contribution in [2.45, 2.75) is 65.2 Å². The molecule has 1 unspecified atom stereocenters. The second-order valence-electron chi connectivity index (χ2n) is 12.0. The Morgan fingerprint density at radius 2 is 1.26 bits per heavy atom. The Labute approximate surface area is 305 Å². The second-order valence-corrected chi connectivity index (χ2v) is 16.1. The van der Waals surface area contributed by atoms with E-state index in [1.165, 1.54) is 59.3 Å². The quantitative estimate of drug-likeness (QED) is 0.0782. The summed E-state index contributed by atoms with van der Waals surface area (Å²) in [6.45, 7) is 4.70. The molecule has 0 bridgehead atoms. The zero-order chi connectivity index (χ0) is 35.2. The van der Waals surface area contributed by atoms with Gasteiger partial charge in [0.2, 0.25) is 0 Å². The number of hydrogen-bond donors (Lipinski definition) is 1. The van der Waals surface area contributed by atoms with E-state index in [2.05, 4.69) is 13.8 Å². The Bertz CT molecular complexity index is 2090. The maximum absolute atomic E-state index is 16.1. The van der Waals surface area contributed by atoms with Crippen molar-refractivity contribution in [1.29, 1.82) is 0 Å². The fourth-order valence-corrected chi connectivity index (χ4v) is 9.19. The average Bonchev–Trinajstić information content (AvgIpc) is 3.95. The van der Waals surface area contributed by atoms with Crippen LogP contribution in [0, 0.1) is 17.6 Å². The van der Waals surface area contributed by atoms with Gasteiger partial charge in [0.25, 0.3) is 0 Å². The van der Waals surface area contributed by atoms with E-state index in [1.807, 2.05) is 0 Å². The van der Waals surface area contributed by atoms with Crippen molar-refractivity contribution in [3.8, 4) is 42.0 Å². The molecule has 50 heavy (non-hydrogen) atoms. The smallest absolute Gasteiger partial charge is 0.348 e. The first-order chi connectivity index (χ1) is 24.3. The van der Waals surface area contributed by atoms with Crippen molar-refractivity contribution >= 4 is 68.3 Å². The fourth-order valence-electron chi connectivity index (χ4n) is 5.93. The van der Waals surface area contributed by atoms with E-state index in [0.717, 1.165) is 43.4 Å². The van der Waals surface area contributed by atoms with Gasteiger partial charge in [0.05, 0.1) is 27.5 Å². The number of esters is 1. The zero-order valence-electron chi connectivity index (χ0n) is 27.7. The first kappa shape index (κ1) is 36.0. The van der Waals surface area contributed by atoms with Crippen molar-refractivity contribution in [3.05, 3.63) is 80.7 Å². The number of hydrogen-bond acceptors (Lipinski definition) is 9. The van der Waals surface area contributed by atoms with Crippen LogP contribution in [0.5, 0.6) is 0 Å². The first-order valence-corrected chi connectivity index (χ1v) is 20.1. The normalized spacial score (nSPS) is 12.1. The number of ether oxygens (including phenoxy) is 1. The summed E-state index contributed by atoms with van der Waals surface area (Å²) in [4.78, 5) is 37.7. The first-order valence-electron chi connectivity index (χ1n) is 16.7. The number of aromatic nitrogens is 2. The van der Waals surface area contributed by atoms with Gasteiger partial charge in [-0.05, 0) is 65.9 Å². The van der Waals surface area contributed by atoms with E-state index in [4.69, 9.17) is 14.7 Å². The van der Waals surface area contributed by atoms with Gasteiger partial charge >= 0.3 is 11.9 Å². The number of unbranched alkanes of at least 4 members (excludes halogenated alkanes) is 4. The van der Waals surface area contributed by atoms with Crippen LogP contribution >= 0.6 is 45.3 Å². The summed E-state index contributed by atoms with van der Waals surface area (Å²) in [5, 5.41) is 13.2. The number of thiophene rings is 4. The third-order valence-electron chi connectivity index (χ3n) is 8.51. The van der Waals surface area contributed by atoms with Crippen LogP contribution in [0.15, 0.2) is 59.3 Å². The molecule has 260 valence electrons. The predicted octanol–water partition coefficient (Wildman–Crippen LogP) is 12.5. The lowest BCUT2D eigenvalue weighted by Gasteiger charge is -2.16. The van der Waals surface area contributed by atoms with E-state index in [-0.39, 0.29) is 27.0 Å². The highest BCUT2D eigenvalue weighted by molar-refractivity contribution is 7.18. The van der Waals surface area contributed by atoms with E-state index < -0.39 is 23.6 Å². The monoisotopic (exact) mass is 750 g/mol. The third-order valence-corrected chi connectivity index (χ3v) is 12.4. The lowest BCUT2D eigenvalue weighted by atomic mass is 9.96. The van der Waals surface area contributed by atoms with Crippen molar-refractivity contribution in [3.63, 3.8) is 0 Å². The molecule has 0 fully saturated rings. The molecular weight excluding hydrogens is 715 g/mol. The maximum atomic E-state index is 16.1. The Morgan fingerprint density at radius 3 is 1.76 bits per heavy atom. The van der Waals surface area contributed by atoms with E-state index in [0.29, 0.717) is 48.3 Å². The van der Waals surface area contributed by atoms with Crippen molar-refractivity contribution < 1.29 is 28.2 Å². The molecule has 0 aliphatic rings. The fraction of sp³-hybridized carbons (Fsp3) is 0.316. The molecule has 12 heteroatoms.